The summed E-state index contributed by atoms with van der Waals surface area (Å²) in [5.41, 5.74) is -0.700. The zero-order valence-electron chi connectivity index (χ0n) is 16.4. The van der Waals surface area contributed by atoms with Crippen molar-refractivity contribution in [3.63, 3.8) is 0 Å². The molecule has 1 atom stereocenters. The van der Waals surface area contributed by atoms with Crippen molar-refractivity contribution in [2.75, 3.05) is 26.0 Å². The molecule has 1 fully saturated rings. The van der Waals surface area contributed by atoms with E-state index in [0.717, 1.165) is 6.08 Å². The minimum absolute atomic E-state index is 0.0820. The van der Waals surface area contributed by atoms with Gasteiger partial charge in [-0.2, -0.15) is 33.7 Å². The number of rotatable bonds is 8. The fourth-order valence-corrected chi connectivity index (χ4v) is 3.82. The standard InChI is InChI=1S/C19H25F7N2OS/c1-30-14-9-27-16(28-10-14)4-2-3-15(19(24,25)26)12-5-7-13(8-6-12)29-11-18(22,23)17(20)21/h2-4,12-14,17H,5-11H2,1H3,(H,27,28)/b4-2+,15-3-. The quantitative estimate of drug-likeness (QED) is 0.396. The summed E-state index contributed by atoms with van der Waals surface area (Å²) < 4.78 is 95.5. The molecule has 0 aromatic rings. The number of alkyl halides is 7. The molecule has 172 valence electrons. The van der Waals surface area contributed by atoms with E-state index >= 15 is 0 Å². The summed E-state index contributed by atoms with van der Waals surface area (Å²) in [5.74, 6) is -4.54. The summed E-state index contributed by atoms with van der Waals surface area (Å²) in [6.07, 6.45) is -2.97. The first-order valence-corrected chi connectivity index (χ1v) is 10.9. The Morgan fingerprint density at radius 3 is 2.37 bits per heavy atom. The van der Waals surface area contributed by atoms with Gasteiger partial charge in [0.05, 0.1) is 12.6 Å². The molecule has 1 unspecified atom stereocenters. The first kappa shape index (κ1) is 25.0. The number of ether oxygens (including phenoxy) is 1. The van der Waals surface area contributed by atoms with E-state index < -0.39 is 42.7 Å². The second-order valence-electron chi connectivity index (χ2n) is 7.29. The highest BCUT2D eigenvalue weighted by atomic mass is 32.2. The van der Waals surface area contributed by atoms with E-state index in [0.29, 0.717) is 24.2 Å². The van der Waals surface area contributed by atoms with Gasteiger partial charge >= 0.3 is 18.5 Å². The van der Waals surface area contributed by atoms with Gasteiger partial charge in [0.1, 0.15) is 12.4 Å². The molecule has 0 saturated heterocycles. The van der Waals surface area contributed by atoms with Gasteiger partial charge < -0.3 is 10.1 Å². The SMILES string of the molecule is CSC1CN=C(/C=C/C=C(/C2CCC(OCC(F)(F)C(F)F)CC2)C(F)(F)F)NC1. The Kier molecular flexibility index (Phi) is 9.08. The summed E-state index contributed by atoms with van der Waals surface area (Å²) in [5, 5.41) is 3.39. The minimum Gasteiger partial charge on any atom is -0.372 e. The molecule has 11 heteroatoms. The van der Waals surface area contributed by atoms with Gasteiger partial charge in [0.2, 0.25) is 0 Å². The van der Waals surface area contributed by atoms with Gasteiger partial charge in [-0.05, 0) is 43.9 Å². The number of hydrogen-bond acceptors (Lipinski definition) is 4. The summed E-state index contributed by atoms with van der Waals surface area (Å²) in [6, 6.07) is 0. The lowest BCUT2D eigenvalue weighted by Crippen LogP contribution is -2.36. The maximum Gasteiger partial charge on any atom is 0.412 e. The number of nitrogens with zero attached hydrogens (tertiary/aromatic N) is 1. The van der Waals surface area contributed by atoms with Gasteiger partial charge in [0.15, 0.2) is 0 Å². The number of aliphatic imine (C=N–C) groups is 1. The third-order valence-electron chi connectivity index (χ3n) is 5.11. The second-order valence-corrected chi connectivity index (χ2v) is 8.43. The van der Waals surface area contributed by atoms with Crippen LogP contribution in [0.4, 0.5) is 30.7 Å². The molecular weight excluding hydrogens is 437 g/mol. The smallest absolute Gasteiger partial charge is 0.372 e. The molecule has 0 radical (unpaired) electrons. The van der Waals surface area contributed by atoms with Crippen molar-refractivity contribution in [2.45, 2.75) is 55.6 Å². The molecule has 0 aromatic carbocycles. The third-order valence-corrected chi connectivity index (χ3v) is 6.09. The minimum atomic E-state index is -4.53. The topological polar surface area (TPSA) is 33.6 Å². The van der Waals surface area contributed by atoms with E-state index in [2.05, 4.69) is 10.3 Å². The van der Waals surface area contributed by atoms with Gasteiger partial charge in [-0.3, -0.25) is 4.99 Å². The van der Waals surface area contributed by atoms with Crippen LogP contribution in [0.25, 0.3) is 0 Å². The van der Waals surface area contributed by atoms with E-state index in [4.69, 9.17) is 4.74 Å². The van der Waals surface area contributed by atoms with Crippen molar-refractivity contribution in [3.05, 3.63) is 23.8 Å². The summed E-state index contributed by atoms with van der Waals surface area (Å²) in [6.45, 7) is -0.148. The Bertz CT molecular complexity index is 641. The summed E-state index contributed by atoms with van der Waals surface area (Å²) in [7, 11) is 0. The molecule has 2 aliphatic rings. The van der Waals surface area contributed by atoms with E-state index in [-0.39, 0.29) is 25.7 Å². The maximum absolute atomic E-state index is 13.5. The Labute approximate surface area is 175 Å². The predicted octanol–water partition coefficient (Wildman–Crippen LogP) is 5.24. The molecule has 2 rings (SSSR count). The highest BCUT2D eigenvalue weighted by Gasteiger charge is 2.43. The molecule has 0 amide bonds. The van der Waals surface area contributed by atoms with Gasteiger partial charge in [0, 0.05) is 17.4 Å². The lowest BCUT2D eigenvalue weighted by molar-refractivity contribution is -0.179. The van der Waals surface area contributed by atoms with Crippen LogP contribution in [-0.2, 0) is 4.74 Å². The Morgan fingerprint density at radius 2 is 1.87 bits per heavy atom. The fourth-order valence-electron chi connectivity index (χ4n) is 3.35. The third kappa shape index (κ3) is 7.47. The molecule has 1 saturated carbocycles. The molecule has 3 nitrogen and oxygen atoms in total. The Morgan fingerprint density at radius 1 is 1.20 bits per heavy atom. The molecular formula is C19H25F7N2OS. The molecule has 1 N–H and O–H groups in total. The number of allylic oxidation sites excluding steroid dienone is 3. The van der Waals surface area contributed by atoms with E-state index in [1.807, 2.05) is 6.26 Å². The van der Waals surface area contributed by atoms with E-state index in [1.54, 1.807) is 11.8 Å². The average molecular weight is 462 g/mol. The molecule has 1 aliphatic heterocycles. The van der Waals surface area contributed by atoms with Crippen LogP contribution in [0.2, 0.25) is 0 Å². The summed E-state index contributed by atoms with van der Waals surface area (Å²) in [4.78, 5) is 4.27. The molecule has 0 aromatic heterocycles. The van der Waals surface area contributed by atoms with Crippen molar-refractivity contribution in [1.82, 2.24) is 5.32 Å². The van der Waals surface area contributed by atoms with Crippen LogP contribution >= 0.6 is 11.8 Å². The largest absolute Gasteiger partial charge is 0.412 e. The average Bonchev–Trinajstić information content (AvgIpc) is 2.70. The van der Waals surface area contributed by atoms with Crippen LogP contribution in [0.1, 0.15) is 25.7 Å². The second kappa shape index (κ2) is 10.9. The van der Waals surface area contributed by atoms with Crippen molar-refractivity contribution >= 4 is 17.6 Å². The van der Waals surface area contributed by atoms with Crippen LogP contribution in [0, 0.1) is 5.92 Å². The molecule has 30 heavy (non-hydrogen) atoms. The lowest BCUT2D eigenvalue weighted by atomic mass is 9.82. The first-order valence-electron chi connectivity index (χ1n) is 9.57. The highest BCUT2D eigenvalue weighted by Crippen LogP contribution is 2.40. The van der Waals surface area contributed by atoms with Crippen LogP contribution < -0.4 is 5.32 Å². The zero-order valence-corrected chi connectivity index (χ0v) is 17.2. The zero-order chi connectivity index (χ0) is 22.4. The van der Waals surface area contributed by atoms with Crippen LogP contribution in [0.15, 0.2) is 28.8 Å². The summed E-state index contributed by atoms with van der Waals surface area (Å²) >= 11 is 1.66. The van der Waals surface area contributed by atoms with Gasteiger partial charge in [-0.15, -0.1) is 0 Å². The van der Waals surface area contributed by atoms with Gasteiger partial charge in [0.25, 0.3) is 0 Å². The Balaban J connectivity index is 1.93. The lowest BCUT2D eigenvalue weighted by Gasteiger charge is -2.31. The number of amidine groups is 1. The van der Waals surface area contributed by atoms with Crippen molar-refractivity contribution in [3.8, 4) is 0 Å². The first-order chi connectivity index (χ1) is 14.0. The fraction of sp³-hybridized carbons (Fsp3) is 0.737. The van der Waals surface area contributed by atoms with Crippen LogP contribution in [0.5, 0.6) is 0 Å². The van der Waals surface area contributed by atoms with E-state index in [9.17, 15) is 30.7 Å². The van der Waals surface area contributed by atoms with Crippen molar-refractivity contribution in [2.24, 2.45) is 10.9 Å². The van der Waals surface area contributed by atoms with Crippen LogP contribution in [0.3, 0.4) is 0 Å². The number of hydrogen-bond donors (Lipinski definition) is 1. The van der Waals surface area contributed by atoms with Crippen molar-refractivity contribution in [1.29, 1.82) is 0 Å². The van der Waals surface area contributed by atoms with Crippen molar-refractivity contribution < 1.29 is 35.5 Å². The number of halogens is 7. The number of nitrogens with one attached hydrogen (secondary N) is 1. The number of thioether (sulfide) groups is 1. The predicted molar refractivity (Wildman–Crippen MR) is 104 cm³/mol. The Hall–Kier alpha value is -1.23. The normalized spacial score (nSPS) is 26.8. The highest BCUT2D eigenvalue weighted by molar-refractivity contribution is 7.99. The molecule has 0 bridgehead atoms. The van der Waals surface area contributed by atoms with Gasteiger partial charge in [-0.1, -0.05) is 12.2 Å². The molecule has 1 heterocycles. The van der Waals surface area contributed by atoms with E-state index in [1.165, 1.54) is 12.2 Å². The van der Waals surface area contributed by atoms with Crippen LogP contribution in [-0.4, -0.2) is 61.7 Å². The maximum atomic E-state index is 13.5. The van der Waals surface area contributed by atoms with Gasteiger partial charge in [-0.25, -0.2) is 8.78 Å². The molecule has 0 spiro atoms. The molecule has 1 aliphatic carbocycles. The monoisotopic (exact) mass is 462 g/mol.